The summed E-state index contributed by atoms with van der Waals surface area (Å²) in [4.78, 5) is 2.28. The molecule has 0 saturated heterocycles. The van der Waals surface area contributed by atoms with Crippen LogP contribution in [0.2, 0.25) is 0 Å². The van der Waals surface area contributed by atoms with E-state index in [1.165, 1.54) is 5.56 Å². The van der Waals surface area contributed by atoms with Gasteiger partial charge in [-0.2, -0.15) is 0 Å². The van der Waals surface area contributed by atoms with Crippen molar-refractivity contribution >= 4 is 0 Å². The number of nitrogens with zero attached hydrogens (tertiary/aromatic N) is 1. The van der Waals surface area contributed by atoms with Gasteiger partial charge in [-0.05, 0) is 19.7 Å². The molecule has 1 aromatic carbocycles. The smallest absolute Gasteiger partial charge is 0.0947 e. The van der Waals surface area contributed by atoms with Gasteiger partial charge in [0.15, 0.2) is 0 Å². The van der Waals surface area contributed by atoms with Gasteiger partial charge in [-0.1, -0.05) is 30.3 Å². The quantitative estimate of drug-likeness (QED) is 0.757. The lowest BCUT2D eigenvalue weighted by atomic mass is 10.1. The van der Waals surface area contributed by atoms with Gasteiger partial charge in [-0.25, -0.2) is 0 Å². The lowest BCUT2D eigenvalue weighted by molar-refractivity contribution is 0.0720. The van der Waals surface area contributed by atoms with Crippen LogP contribution in [0.3, 0.4) is 0 Å². The van der Waals surface area contributed by atoms with Crippen molar-refractivity contribution in [2.75, 3.05) is 40.8 Å². The van der Waals surface area contributed by atoms with E-state index in [0.29, 0.717) is 0 Å². The highest BCUT2D eigenvalue weighted by Gasteiger charge is 2.12. The zero-order valence-corrected chi connectivity index (χ0v) is 10.4. The van der Waals surface area contributed by atoms with Gasteiger partial charge in [0.2, 0.25) is 0 Å². The fourth-order valence-corrected chi connectivity index (χ4v) is 1.66. The first-order valence-corrected chi connectivity index (χ1v) is 5.68. The van der Waals surface area contributed by atoms with Crippen LogP contribution >= 0.6 is 0 Å². The van der Waals surface area contributed by atoms with Gasteiger partial charge in [-0.3, -0.25) is 0 Å². The summed E-state index contributed by atoms with van der Waals surface area (Å²) in [6.07, 6.45) is 0.156. The Kier molecular flexibility index (Phi) is 6.08. The van der Waals surface area contributed by atoms with E-state index < -0.39 is 0 Å². The Balaban J connectivity index is 2.49. The largest absolute Gasteiger partial charge is 0.375 e. The second-order valence-corrected chi connectivity index (χ2v) is 4.00. The van der Waals surface area contributed by atoms with Crippen LogP contribution in [-0.2, 0) is 4.74 Å². The van der Waals surface area contributed by atoms with Crippen molar-refractivity contribution in [2.45, 2.75) is 6.10 Å². The summed E-state index contributed by atoms with van der Waals surface area (Å²) in [5, 5.41) is 3.15. The Bertz CT molecular complexity index is 277. The second kappa shape index (κ2) is 7.39. The molecule has 0 amide bonds. The van der Waals surface area contributed by atoms with Crippen molar-refractivity contribution < 1.29 is 4.74 Å². The molecule has 1 rings (SSSR count). The molecule has 1 unspecified atom stereocenters. The Hall–Kier alpha value is -0.900. The van der Waals surface area contributed by atoms with E-state index >= 15 is 0 Å². The summed E-state index contributed by atoms with van der Waals surface area (Å²) in [7, 11) is 5.86. The van der Waals surface area contributed by atoms with Gasteiger partial charge in [-0.15, -0.1) is 0 Å². The number of hydrogen-bond acceptors (Lipinski definition) is 3. The molecular weight excluding hydrogens is 200 g/mol. The van der Waals surface area contributed by atoms with Crippen LogP contribution in [0.25, 0.3) is 0 Å². The molecule has 0 saturated carbocycles. The molecule has 0 radical (unpaired) electrons. The van der Waals surface area contributed by atoms with Crippen LogP contribution in [0.4, 0.5) is 0 Å². The predicted molar refractivity (Wildman–Crippen MR) is 67.6 cm³/mol. The highest BCUT2D eigenvalue weighted by atomic mass is 16.5. The summed E-state index contributed by atoms with van der Waals surface area (Å²) in [6.45, 7) is 2.95. The lowest BCUT2D eigenvalue weighted by Gasteiger charge is -2.23. The molecule has 16 heavy (non-hydrogen) atoms. The van der Waals surface area contributed by atoms with Gasteiger partial charge in [0.25, 0.3) is 0 Å². The van der Waals surface area contributed by atoms with Gasteiger partial charge in [0.05, 0.1) is 6.10 Å². The molecule has 0 heterocycles. The average molecular weight is 222 g/mol. The summed E-state index contributed by atoms with van der Waals surface area (Å²) in [5.41, 5.74) is 1.24. The number of rotatable bonds is 7. The van der Waals surface area contributed by atoms with Crippen LogP contribution in [0.1, 0.15) is 11.7 Å². The molecule has 0 aliphatic heterocycles. The Morgan fingerprint density at radius 2 is 2.00 bits per heavy atom. The highest BCUT2D eigenvalue weighted by molar-refractivity contribution is 5.17. The summed E-state index contributed by atoms with van der Waals surface area (Å²) in [5.74, 6) is 0. The van der Waals surface area contributed by atoms with Crippen LogP contribution in [-0.4, -0.2) is 45.7 Å². The van der Waals surface area contributed by atoms with Gasteiger partial charge in [0, 0.05) is 26.7 Å². The highest BCUT2D eigenvalue weighted by Crippen LogP contribution is 2.16. The van der Waals surface area contributed by atoms with E-state index in [4.69, 9.17) is 4.74 Å². The minimum Gasteiger partial charge on any atom is -0.375 e. The van der Waals surface area contributed by atoms with E-state index in [-0.39, 0.29) is 6.10 Å². The van der Waals surface area contributed by atoms with Crippen molar-refractivity contribution in [3.8, 4) is 0 Å². The Morgan fingerprint density at radius 3 is 2.56 bits per heavy atom. The summed E-state index contributed by atoms with van der Waals surface area (Å²) < 4.78 is 5.52. The summed E-state index contributed by atoms with van der Waals surface area (Å²) >= 11 is 0. The molecule has 0 bridgehead atoms. The molecule has 0 aliphatic carbocycles. The average Bonchev–Trinajstić information content (AvgIpc) is 2.34. The normalized spacial score (nSPS) is 13.0. The molecule has 0 aromatic heterocycles. The van der Waals surface area contributed by atoms with Gasteiger partial charge in [0.1, 0.15) is 0 Å². The molecule has 0 aliphatic rings. The molecule has 1 aromatic rings. The lowest BCUT2D eigenvalue weighted by Crippen LogP contribution is -2.31. The number of nitrogens with one attached hydrogen (secondary N) is 1. The van der Waals surface area contributed by atoms with Gasteiger partial charge >= 0.3 is 0 Å². The first kappa shape index (κ1) is 13.2. The zero-order valence-electron chi connectivity index (χ0n) is 10.4. The number of ether oxygens (including phenoxy) is 1. The molecule has 3 heteroatoms. The number of hydrogen-bond donors (Lipinski definition) is 1. The number of methoxy groups -OCH3 is 1. The van der Waals surface area contributed by atoms with Crippen LogP contribution in [0.15, 0.2) is 30.3 Å². The van der Waals surface area contributed by atoms with Crippen molar-refractivity contribution in [3.05, 3.63) is 35.9 Å². The third kappa shape index (κ3) is 4.31. The van der Waals surface area contributed by atoms with E-state index in [2.05, 4.69) is 41.5 Å². The van der Waals surface area contributed by atoms with E-state index in [1.54, 1.807) is 7.11 Å². The first-order chi connectivity index (χ1) is 7.77. The minimum atomic E-state index is 0.156. The fraction of sp³-hybridized carbons (Fsp3) is 0.538. The minimum absolute atomic E-state index is 0.156. The fourth-order valence-electron chi connectivity index (χ4n) is 1.66. The van der Waals surface area contributed by atoms with Gasteiger partial charge < -0.3 is 15.0 Å². The van der Waals surface area contributed by atoms with Crippen molar-refractivity contribution in [3.63, 3.8) is 0 Å². The monoisotopic (exact) mass is 222 g/mol. The molecule has 90 valence electrons. The Labute approximate surface area is 98.4 Å². The SMILES string of the molecule is CNCCN(C)CC(OC)c1ccccc1. The molecular formula is C13H22N2O. The van der Waals surface area contributed by atoms with Crippen molar-refractivity contribution in [2.24, 2.45) is 0 Å². The molecule has 3 nitrogen and oxygen atoms in total. The molecule has 1 atom stereocenters. The zero-order chi connectivity index (χ0) is 11.8. The topological polar surface area (TPSA) is 24.5 Å². The van der Waals surface area contributed by atoms with Crippen LogP contribution in [0.5, 0.6) is 0 Å². The van der Waals surface area contributed by atoms with Crippen molar-refractivity contribution in [1.29, 1.82) is 0 Å². The van der Waals surface area contributed by atoms with Crippen LogP contribution < -0.4 is 5.32 Å². The predicted octanol–water partition coefficient (Wildman–Crippen LogP) is 1.53. The third-order valence-electron chi connectivity index (χ3n) is 2.68. The van der Waals surface area contributed by atoms with E-state index in [9.17, 15) is 0 Å². The Morgan fingerprint density at radius 1 is 1.31 bits per heavy atom. The standard InChI is InChI=1S/C13H22N2O/c1-14-9-10-15(2)11-13(16-3)12-7-5-4-6-8-12/h4-8,13-14H,9-11H2,1-3H3. The van der Waals surface area contributed by atoms with E-state index in [0.717, 1.165) is 19.6 Å². The van der Waals surface area contributed by atoms with Crippen LogP contribution in [0, 0.1) is 0 Å². The molecule has 1 N–H and O–H groups in total. The maximum absolute atomic E-state index is 5.52. The third-order valence-corrected chi connectivity index (χ3v) is 2.68. The van der Waals surface area contributed by atoms with E-state index in [1.807, 2.05) is 13.1 Å². The molecule has 0 fully saturated rings. The molecule has 0 spiro atoms. The maximum atomic E-state index is 5.52. The van der Waals surface area contributed by atoms with Crippen molar-refractivity contribution in [1.82, 2.24) is 10.2 Å². The first-order valence-electron chi connectivity index (χ1n) is 5.68. The summed E-state index contributed by atoms with van der Waals surface area (Å²) in [6, 6.07) is 10.4. The number of benzene rings is 1. The number of likely N-dealkylation sites (N-methyl/N-ethyl adjacent to an activating group) is 2. The maximum Gasteiger partial charge on any atom is 0.0947 e. The second-order valence-electron chi connectivity index (χ2n) is 4.00.